The van der Waals surface area contributed by atoms with Gasteiger partial charge in [0.2, 0.25) is 10.0 Å². The summed E-state index contributed by atoms with van der Waals surface area (Å²) in [4.78, 5) is 0.268. The van der Waals surface area contributed by atoms with Crippen molar-refractivity contribution >= 4 is 22.4 Å². The van der Waals surface area contributed by atoms with Crippen molar-refractivity contribution in [1.29, 1.82) is 0 Å². The number of piperidine rings is 1. The summed E-state index contributed by atoms with van der Waals surface area (Å²) in [6.07, 6.45) is 4.59. The van der Waals surface area contributed by atoms with Gasteiger partial charge in [0.25, 0.3) is 0 Å². The molecule has 0 spiro atoms. The second-order valence-corrected chi connectivity index (χ2v) is 6.89. The fourth-order valence-electron chi connectivity index (χ4n) is 2.32. The third kappa shape index (κ3) is 3.47. The van der Waals surface area contributed by atoms with E-state index in [1.54, 1.807) is 7.05 Å². The third-order valence-electron chi connectivity index (χ3n) is 3.56. The van der Waals surface area contributed by atoms with Crippen LogP contribution in [0.4, 0.5) is 0 Å². The normalized spacial score (nSPS) is 19.9. The lowest BCUT2D eigenvalue weighted by Crippen LogP contribution is -2.42. The van der Waals surface area contributed by atoms with Gasteiger partial charge in [-0.05, 0) is 25.7 Å². The van der Waals surface area contributed by atoms with E-state index < -0.39 is 10.0 Å². The molecule has 2 N–H and O–H groups in total. The van der Waals surface area contributed by atoms with Gasteiger partial charge < -0.3 is 5.73 Å². The van der Waals surface area contributed by atoms with Gasteiger partial charge in [-0.1, -0.05) is 0 Å². The van der Waals surface area contributed by atoms with Crippen molar-refractivity contribution in [2.45, 2.75) is 30.7 Å². The molecule has 0 bridgehead atoms. The molecule has 6 nitrogen and oxygen atoms in total. The zero-order valence-electron chi connectivity index (χ0n) is 11.2. The van der Waals surface area contributed by atoms with Crippen LogP contribution in [-0.2, 0) is 17.1 Å². The topological polar surface area (TPSA) is 81.2 Å². The predicted molar refractivity (Wildman–Crippen MR) is 75.6 cm³/mol. The number of hydrogen-bond donors (Lipinski definition) is 1. The molecular formula is C11H21ClN4O2S. The van der Waals surface area contributed by atoms with Crippen LogP contribution in [0.5, 0.6) is 0 Å². The third-order valence-corrected chi connectivity index (χ3v) is 5.41. The molecule has 19 heavy (non-hydrogen) atoms. The van der Waals surface area contributed by atoms with Crippen molar-refractivity contribution in [2.24, 2.45) is 18.7 Å². The molecule has 1 aliphatic rings. The van der Waals surface area contributed by atoms with Gasteiger partial charge in [-0.15, -0.1) is 12.4 Å². The Balaban J connectivity index is 0.00000180. The molecule has 1 aromatic rings. The number of halogens is 1. The highest BCUT2D eigenvalue weighted by Gasteiger charge is 2.31. The molecule has 2 heterocycles. The van der Waals surface area contributed by atoms with Crippen molar-refractivity contribution in [3.05, 3.63) is 12.4 Å². The first-order chi connectivity index (χ1) is 8.41. The fraction of sp³-hybridized carbons (Fsp3) is 0.727. The lowest BCUT2D eigenvalue weighted by Gasteiger charge is -2.32. The minimum Gasteiger partial charge on any atom is -0.328 e. The average Bonchev–Trinajstić information content (AvgIpc) is 2.76. The van der Waals surface area contributed by atoms with Gasteiger partial charge >= 0.3 is 0 Å². The van der Waals surface area contributed by atoms with Crippen LogP contribution in [0.3, 0.4) is 0 Å². The van der Waals surface area contributed by atoms with E-state index in [9.17, 15) is 8.42 Å². The SMILES string of the molecule is CC(N)C1CCN(S(=O)(=O)c2cnn(C)c2)CC1.Cl. The maximum Gasteiger partial charge on any atom is 0.246 e. The molecule has 0 aliphatic carbocycles. The van der Waals surface area contributed by atoms with Gasteiger partial charge in [-0.2, -0.15) is 9.40 Å². The largest absolute Gasteiger partial charge is 0.328 e. The summed E-state index contributed by atoms with van der Waals surface area (Å²) in [7, 11) is -1.67. The number of hydrogen-bond acceptors (Lipinski definition) is 4. The Bertz CT molecular complexity index is 507. The summed E-state index contributed by atoms with van der Waals surface area (Å²) in [5, 5.41) is 3.91. The highest BCUT2D eigenvalue weighted by Crippen LogP contribution is 2.24. The van der Waals surface area contributed by atoms with Crippen molar-refractivity contribution in [2.75, 3.05) is 13.1 Å². The molecular weight excluding hydrogens is 288 g/mol. The fourth-order valence-corrected chi connectivity index (χ4v) is 3.78. The quantitative estimate of drug-likeness (QED) is 0.886. The maximum absolute atomic E-state index is 12.3. The van der Waals surface area contributed by atoms with Gasteiger partial charge in [-0.3, -0.25) is 4.68 Å². The van der Waals surface area contributed by atoms with Crippen molar-refractivity contribution in [3.8, 4) is 0 Å². The van der Waals surface area contributed by atoms with Crippen LogP contribution in [0.2, 0.25) is 0 Å². The molecule has 1 atom stereocenters. The Morgan fingerprint density at radius 2 is 2.00 bits per heavy atom. The van der Waals surface area contributed by atoms with E-state index in [0.717, 1.165) is 12.8 Å². The van der Waals surface area contributed by atoms with Crippen molar-refractivity contribution in [1.82, 2.24) is 14.1 Å². The number of nitrogens with zero attached hydrogens (tertiary/aromatic N) is 3. The maximum atomic E-state index is 12.3. The van der Waals surface area contributed by atoms with E-state index in [4.69, 9.17) is 5.73 Å². The highest BCUT2D eigenvalue weighted by atomic mass is 35.5. The molecule has 0 amide bonds. The number of rotatable bonds is 3. The molecule has 2 rings (SSSR count). The van der Waals surface area contributed by atoms with Gasteiger partial charge in [0.05, 0.1) is 6.20 Å². The summed E-state index contributed by atoms with van der Waals surface area (Å²) >= 11 is 0. The van der Waals surface area contributed by atoms with Crippen LogP contribution in [0.15, 0.2) is 17.3 Å². The molecule has 1 saturated heterocycles. The standard InChI is InChI=1S/C11H20N4O2S.ClH/c1-9(12)10-3-5-15(6-4-10)18(16,17)11-7-13-14(2)8-11;/h7-10H,3-6,12H2,1-2H3;1H. The van der Waals surface area contributed by atoms with Gasteiger partial charge in [0.1, 0.15) is 4.90 Å². The van der Waals surface area contributed by atoms with Gasteiger partial charge in [0, 0.05) is 32.4 Å². The highest BCUT2D eigenvalue weighted by molar-refractivity contribution is 7.89. The molecule has 1 aromatic heterocycles. The first-order valence-electron chi connectivity index (χ1n) is 6.15. The zero-order chi connectivity index (χ0) is 13.3. The van der Waals surface area contributed by atoms with E-state index >= 15 is 0 Å². The van der Waals surface area contributed by atoms with Gasteiger partial charge in [0.15, 0.2) is 0 Å². The first-order valence-corrected chi connectivity index (χ1v) is 7.59. The summed E-state index contributed by atoms with van der Waals surface area (Å²) < 4.78 is 27.7. The molecule has 8 heteroatoms. The molecule has 110 valence electrons. The predicted octanol–water partition coefficient (Wildman–Crippen LogP) is 0.590. The second-order valence-electron chi connectivity index (χ2n) is 4.95. The Labute approximate surface area is 120 Å². The van der Waals surface area contributed by atoms with Crippen LogP contribution in [0.1, 0.15) is 19.8 Å². The van der Waals surface area contributed by atoms with Crippen molar-refractivity contribution in [3.63, 3.8) is 0 Å². The number of sulfonamides is 1. The van der Waals surface area contributed by atoms with Crippen molar-refractivity contribution < 1.29 is 8.42 Å². The van der Waals surface area contributed by atoms with Crippen LogP contribution in [-0.4, -0.2) is 41.6 Å². The Kier molecular flexibility index (Phi) is 5.37. The number of aryl methyl sites for hydroxylation is 1. The Hall–Kier alpha value is -0.630. The van der Waals surface area contributed by atoms with E-state index in [1.165, 1.54) is 21.4 Å². The molecule has 0 radical (unpaired) electrons. The molecule has 0 aromatic carbocycles. The van der Waals surface area contributed by atoms with Crippen LogP contribution in [0.25, 0.3) is 0 Å². The molecule has 1 aliphatic heterocycles. The van der Waals surface area contributed by atoms with Gasteiger partial charge in [-0.25, -0.2) is 8.42 Å². The van der Waals surface area contributed by atoms with Crippen LogP contribution < -0.4 is 5.73 Å². The molecule has 0 saturated carbocycles. The minimum absolute atomic E-state index is 0. The smallest absolute Gasteiger partial charge is 0.246 e. The minimum atomic E-state index is -3.38. The summed E-state index contributed by atoms with van der Waals surface area (Å²) in [5.74, 6) is 0.422. The lowest BCUT2D eigenvalue weighted by molar-refractivity contribution is 0.250. The van der Waals surface area contributed by atoms with Crippen LogP contribution >= 0.6 is 12.4 Å². The molecule has 1 unspecified atom stereocenters. The average molecular weight is 309 g/mol. The summed E-state index contributed by atoms with van der Waals surface area (Å²) in [6.45, 7) is 3.07. The lowest BCUT2D eigenvalue weighted by atomic mass is 9.92. The number of nitrogens with two attached hydrogens (primary N) is 1. The van der Waals surface area contributed by atoms with E-state index in [2.05, 4.69) is 5.10 Å². The number of aromatic nitrogens is 2. The summed E-state index contributed by atoms with van der Waals surface area (Å²) in [6, 6.07) is 0.133. The van der Waals surface area contributed by atoms with E-state index in [-0.39, 0.29) is 23.3 Å². The van der Waals surface area contributed by atoms with Crippen LogP contribution in [0, 0.1) is 5.92 Å². The molecule has 1 fully saturated rings. The summed E-state index contributed by atoms with van der Waals surface area (Å²) in [5.41, 5.74) is 5.85. The Morgan fingerprint density at radius 1 is 1.42 bits per heavy atom. The van der Waals surface area contributed by atoms with E-state index in [1.807, 2.05) is 6.92 Å². The first kappa shape index (κ1) is 16.4. The van der Waals surface area contributed by atoms with E-state index in [0.29, 0.717) is 19.0 Å². The zero-order valence-corrected chi connectivity index (χ0v) is 12.8. The second kappa shape index (κ2) is 6.21. The monoisotopic (exact) mass is 308 g/mol. The Morgan fingerprint density at radius 3 is 2.42 bits per heavy atom.